The Kier molecular flexibility index (Phi) is 12.3. The Morgan fingerprint density at radius 1 is 1.03 bits per heavy atom. The van der Waals surface area contributed by atoms with Crippen LogP contribution in [0.3, 0.4) is 0 Å². The lowest BCUT2D eigenvalue weighted by Crippen LogP contribution is -2.59. The van der Waals surface area contributed by atoms with Gasteiger partial charge in [-0.05, 0) is 90.2 Å². The number of methoxy groups -OCH3 is 1. The molecule has 61 heavy (non-hydrogen) atoms. The van der Waals surface area contributed by atoms with Crippen LogP contribution in [-0.4, -0.2) is 108 Å². The Hall–Kier alpha value is -5.17. The first-order valence-electron chi connectivity index (χ1n) is 21.3. The van der Waals surface area contributed by atoms with Gasteiger partial charge in [0, 0.05) is 48.6 Å². The number of fused-ring (bicyclic) bond motifs is 3. The summed E-state index contributed by atoms with van der Waals surface area (Å²) in [6, 6.07) is 5.63. The second-order valence-corrected chi connectivity index (χ2v) is 19.9. The van der Waals surface area contributed by atoms with Gasteiger partial charge in [0.15, 0.2) is 5.13 Å². The normalized spacial score (nSPS) is 25.5. The molecule has 1 saturated heterocycles. The summed E-state index contributed by atoms with van der Waals surface area (Å²) in [7, 11) is -2.34. The van der Waals surface area contributed by atoms with Crippen LogP contribution < -0.4 is 30.3 Å². The number of ether oxygens (including phenoxy) is 3. The Labute approximate surface area is 359 Å². The summed E-state index contributed by atoms with van der Waals surface area (Å²) in [5, 5.41) is 8.20. The maximum absolute atomic E-state index is 14.7. The van der Waals surface area contributed by atoms with Gasteiger partial charge in [0.05, 0.1) is 35.0 Å². The molecule has 2 aliphatic heterocycles. The van der Waals surface area contributed by atoms with Crippen LogP contribution >= 0.6 is 11.3 Å². The molecule has 3 aliphatic carbocycles. The maximum atomic E-state index is 14.7. The highest BCUT2D eigenvalue weighted by Crippen LogP contribution is 2.46. The van der Waals surface area contributed by atoms with E-state index >= 15 is 0 Å². The Morgan fingerprint density at radius 3 is 2.59 bits per heavy atom. The molecule has 3 aromatic rings. The molecule has 0 spiro atoms. The van der Waals surface area contributed by atoms with E-state index in [0.717, 1.165) is 48.5 Å². The minimum Gasteiger partial charge on any atom is -0.497 e. The number of rotatable bonds is 11. The van der Waals surface area contributed by atoms with Crippen molar-refractivity contribution in [1.29, 1.82) is 0 Å². The lowest BCUT2D eigenvalue weighted by atomic mass is 10.1. The molecule has 5 amide bonds. The summed E-state index contributed by atoms with van der Waals surface area (Å²) in [5.41, 5.74) is 2.34. The Balaban J connectivity index is 1.11. The van der Waals surface area contributed by atoms with Crippen LogP contribution in [0.2, 0.25) is 0 Å². The van der Waals surface area contributed by atoms with Gasteiger partial charge >= 0.3 is 12.1 Å². The molecule has 0 unspecified atom stereocenters. The van der Waals surface area contributed by atoms with Crippen LogP contribution in [0, 0.1) is 5.92 Å². The average Bonchev–Trinajstić information content (AvgIpc) is 4.00. The molecule has 5 aliphatic rings. The van der Waals surface area contributed by atoms with Crippen molar-refractivity contribution in [2.24, 2.45) is 5.92 Å². The van der Waals surface area contributed by atoms with Gasteiger partial charge in [-0.15, -0.1) is 0 Å². The van der Waals surface area contributed by atoms with E-state index in [9.17, 15) is 27.6 Å². The van der Waals surface area contributed by atoms with Crippen LogP contribution in [0.15, 0.2) is 42.6 Å². The molecule has 4 N–H and O–H groups in total. The average molecular weight is 879 g/mol. The zero-order valence-electron chi connectivity index (χ0n) is 34.7. The number of anilines is 1. The van der Waals surface area contributed by atoms with Crippen molar-refractivity contribution in [2.45, 2.75) is 126 Å². The molecule has 328 valence electrons. The number of benzene rings is 1. The molecule has 4 fully saturated rings. The molecule has 1 aromatic carbocycles. The number of hydrogen-bond acceptors (Lipinski definition) is 13. The van der Waals surface area contributed by atoms with E-state index < -0.39 is 62.8 Å². The monoisotopic (exact) mass is 878 g/mol. The molecule has 19 heteroatoms. The molecule has 4 atom stereocenters. The summed E-state index contributed by atoms with van der Waals surface area (Å²) in [4.78, 5) is 68.0. The van der Waals surface area contributed by atoms with E-state index in [0.29, 0.717) is 53.8 Å². The molecule has 8 rings (SSSR count). The first kappa shape index (κ1) is 42.5. The fraction of sp³-hybridized carbons (Fsp3) is 0.571. The molecular weight excluding hydrogens is 825 g/mol. The number of pyridine rings is 1. The molecule has 4 heterocycles. The van der Waals surface area contributed by atoms with Crippen LogP contribution in [-0.2, 0) is 24.3 Å². The van der Waals surface area contributed by atoms with Gasteiger partial charge < -0.3 is 29.7 Å². The Bertz CT molecular complexity index is 2290. The Morgan fingerprint density at radius 2 is 1.84 bits per heavy atom. The van der Waals surface area contributed by atoms with Crippen molar-refractivity contribution in [3.8, 4) is 22.1 Å². The third-order valence-corrected chi connectivity index (χ3v) is 14.6. The van der Waals surface area contributed by atoms with Crippen LogP contribution in [0.25, 0.3) is 21.5 Å². The van der Waals surface area contributed by atoms with Crippen LogP contribution in [0.4, 0.5) is 14.7 Å². The van der Waals surface area contributed by atoms with E-state index in [1.165, 1.54) is 21.2 Å². The summed E-state index contributed by atoms with van der Waals surface area (Å²) in [5.74, 6) is -0.831. The van der Waals surface area contributed by atoms with Crippen molar-refractivity contribution in [3.63, 3.8) is 0 Å². The predicted molar refractivity (Wildman–Crippen MR) is 228 cm³/mol. The number of thiazole rings is 1. The van der Waals surface area contributed by atoms with Crippen LogP contribution in [0.1, 0.15) is 90.9 Å². The first-order chi connectivity index (χ1) is 29.3. The highest BCUT2D eigenvalue weighted by atomic mass is 32.2. The highest BCUT2D eigenvalue weighted by molar-refractivity contribution is 7.91. The van der Waals surface area contributed by atoms with Crippen molar-refractivity contribution < 1.29 is 41.8 Å². The summed E-state index contributed by atoms with van der Waals surface area (Å²) >= 11 is 1.44. The van der Waals surface area contributed by atoms with E-state index in [1.54, 1.807) is 25.4 Å². The van der Waals surface area contributed by atoms with Gasteiger partial charge in [-0.2, -0.15) is 0 Å². The second kappa shape index (κ2) is 17.7. The number of nitrogens with zero attached hydrogens (tertiary/aromatic N) is 4. The first-order valence-corrected chi connectivity index (χ1v) is 23.7. The van der Waals surface area contributed by atoms with E-state index in [-0.39, 0.29) is 38.1 Å². The molecule has 2 aromatic heterocycles. The quantitative estimate of drug-likeness (QED) is 0.173. The molecule has 17 nitrogen and oxygen atoms in total. The van der Waals surface area contributed by atoms with Gasteiger partial charge in [0.25, 0.3) is 5.91 Å². The number of hydrazine groups is 1. The lowest BCUT2D eigenvalue weighted by molar-refractivity contribution is -0.131. The number of aromatic nitrogens is 2. The minimum absolute atomic E-state index is 0.0226. The van der Waals surface area contributed by atoms with E-state index in [2.05, 4.69) is 25.8 Å². The standard InChI is InChI=1S/C42H54N8O9S2/c1-25(2)44-39-43-23-36(60-39)33-21-35(31-17-14-28(57-3)19-32(31)45-33)58-29-20-34-37(51)46-42(38(52)48-61(55,56)30-15-16-30)22-26(42)11-7-5-4-6-10-18-50(41(54)49(34)24-29)47-40(53)59-27-12-8-9-13-27/h7,11,14,17,19,21,23,25-27,29-30,34H,4-6,8-10,12-13,15-16,18,20,22,24H2,1-3H3,(H,43,44)(H,46,51)(H,47,53)(H,48,52)/b11-7-/t26-,29-,34+,42+/m1/s1. The fourth-order valence-corrected chi connectivity index (χ4v) is 10.6. The number of nitrogens with one attached hydrogen (secondary N) is 4. The van der Waals surface area contributed by atoms with E-state index in [4.69, 9.17) is 19.2 Å². The molecule has 0 radical (unpaired) electrons. The van der Waals surface area contributed by atoms with Crippen molar-refractivity contribution >= 4 is 61.3 Å². The molecule has 0 bridgehead atoms. The van der Waals surface area contributed by atoms with Crippen molar-refractivity contribution in [1.82, 2.24) is 35.3 Å². The maximum Gasteiger partial charge on any atom is 0.426 e. The fourth-order valence-electron chi connectivity index (χ4n) is 8.34. The number of sulfonamides is 1. The summed E-state index contributed by atoms with van der Waals surface area (Å²) < 4.78 is 46.1. The summed E-state index contributed by atoms with van der Waals surface area (Å²) in [6.07, 6.45) is 11.1. The number of allylic oxidation sites excluding steroid dienone is 1. The highest BCUT2D eigenvalue weighted by Gasteiger charge is 2.62. The topological polar surface area (TPSA) is 210 Å². The van der Waals surface area contributed by atoms with Gasteiger partial charge in [0.1, 0.15) is 35.3 Å². The van der Waals surface area contributed by atoms with Crippen molar-refractivity contribution in [3.05, 3.63) is 42.6 Å². The number of carbonyl (C=O) groups is 4. The third kappa shape index (κ3) is 9.67. The van der Waals surface area contributed by atoms with Gasteiger partial charge in [0.2, 0.25) is 15.9 Å². The van der Waals surface area contributed by atoms with Gasteiger partial charge in [-0.1, -0.05) is 29.9 Å². The van der Waals surface area contributed by atoms with E-state index in [1.807, 2.05) is 38.1 Å². The lowest BCUT2D eigenvalue weighted by Gasteiger charge is -2.32. The number of amides is 5. The van der Waals surface area contributed by atoms with Gasteiger partial charge in [-0.3, -0.25) is 14.3 Å². The largest absolute Gasteiger partial charge is 0.497 e. The van der Waals surface area contributed by atoms with Crippen molar-refractivity contribution in [2.75, 3.05) is 25.5 Å². The SMILES string of the molecule is COc1ccc2c(O[C@@H]3C[C@H]4C(=O)N[C@@]5(C(=O)NS(=O)(=O)C6CC6)C[C@H]5/C=C\CCCCCN(NC(=O)OC5CCCC5)C(=O)N4C3)cc(-c3cnc(NC(C)C)s3)nc2c1. The number of carbonyl (C=O) groups excluding carboxylic acids is 4. The molecular formula is C42H54N8O9S2. The second-order valence-electron chi connectivity index (χ2n) is 16.9. The number of urea groups is 1. The predicted octanol–water partition coefficient (Wildman–Crippen LogP) is 5.63. The molecule has 3 saturated carbocycles. The summed E-state index contributed by atoms with van der Waals surface area (Å²) in [6.45, 7) is 4.17. The number of hydrogen-bond donors (Lipinski definition) is 4. The minimum atomic E-state index is -3.92. The third-order valence-electron chi connectivity index (χ3n) is 11.9. The zero-order valence-corrected chi connectivity index (χ0v) is 36.3. The smallest absolute Gasteiger partial charge is 0.426 e. The zero-order chi connectivity index (χ0) is 42.9. The van der Waals surface area contributed by atoms with Gasteiger partial charge in [-0.25, -0.2) is 38.4 Å². The van der Waals surface area contributed by atoms with Crippen LogP contribution in [0.5, 0.6) is 11.5 Å².